The summed E-state index contributed by atoms with van der Waals surface area (Å²) in [5.41, 5.74) is 1.82. The molecule has 1 aromatic heterocycles. The van der Waals surface area contributed by atoms with E-state index in [4.69, 9.17) is 0 Å². The zero-order valence-corrected chi connectivity index (χ0v) is 11.3. The van der Waals surface area contributed by atoms with Crippen molar-refractivity contribution in [2.24, 2.45) is 0 Å². The molecule has 3 N–H and O–H groups in total. The van der Waals surface area contributed by atoms with Gasteiger partial charge in [-0.25, -0.2) is 0 Å². The summed E-state index contributed by atoms with van der Waals surface area (Å²) in [5, 5.41) is 14.5. The normalized spacial score (nSPS) is 14.0. The van der Waals surface area contributed by atoms with Crippen molar-refractivity contribution >= 4 is 10.9 Å². The highest BCUT2D eigenvalue weighted by molar-refractivity contribution is 5.83. The van der Waals surface area contributed by atoms with E-state index in [1.807, 2.05) is 26.8 Å². The van der Waals surface area contributed by atoms with Crippen molar-refractivity contribution < 1.29 is 5.11 Å². The molecule has 0 fully saturated rings. The molecule has 1 unspecified atom stereocenters. The highest BCUT2D eigenvalue weighted by Crippen LogP contribution is 2.17. The number of hydrogen-bond donors (Lipinski definition) is 3. The van der Waals surface area contributed by atoms with Crippen molar-refractivity contribution in [2.45, 2.75) is 38.8 Å². The maximum Gasteiger partial charge on any atom is 0.0741 e. The van der Waals surface area contributed by atoms with Crippen LogP contribution in [0.4, 0.5) is 0 Å². The van der Waals surface area contributed by atoms with Gasteiger partial charge >= 0.3 is 0 Å². The van der Waals surface area contributed by atoms with Gasteiger partial charge in [-0.3, -0.25) is 0 Å². The third-order valence-corrected chi connectivity index (χ3v) is 3.58. The first-order valence-corrected chi connectivity index (χ1v) is 6.49. The molecule has 0 aliphatic rings. The van der Waals surface area contributed by atoms with Gasteiger partial charge in [0, 0.05) is 23.1 Å². The molecule has 0 amide bonds. The van der Waals surface area contributed by atoms with Gasteiger partial charge in [-0.15, -0.1) is 0 Å². The summed E-state index contributed by atoms with van der Waals surface area (Å²) in [6.45, 7) is 6.54. The lowest BCUT2D eigenvalue weighted by Crippen LogP contribution is -2.45. The van der Waals surface area contributed by atoms with E-state index in [2.05, 4.69) is 34.7 Å². The molecular weight excluding hydrogens is 224 g/mol. The summed E-state index contributed by atoms with van der Waals surface area (Å²) in [5.74, 6) is 0. The summed E-state index contributed by atoms with van der Waals surface area (Å²) in [6.07, 6.45) is 3.03. The Morgan fingerprint density at radius 1 is 1.33 bits per heavy atom. The Morgan fingerprint density at radius 3 is 2.78 bits per heavy atom. The molecule has 1 atom stereocenters. The molecule has 2 aromatic rings. The zero-order valence-electron chi connectivity index (χ0n) is 11.3. The summed E-state index contributed by atoms with van der Waals surface area (Å²) in [6, 6.07) is 8.42. The quantitative estimate of drug-likeness (QED) is 0.759. The summed E-state index contributed by atoms with van der Waals surface area (Å²) in [7, 11) is 0. The number of para-hydroxylation sites is 1. The number of aromatic amines is 1. The van der Waals surface area contributed by atoms with Crippen molar-refractivity contribution in [2.75, 3.05) is 6.54 Å². The minimum Gasteiger partial charge on any atom is -0.389 e. The summed E-state index contributed by atoms with van der Waals surface area (Å²) < 4.78 is 0. The van der Waals surface area contributed by atoms with Gasteiger partial charge in [-0.2, -0.15) is 0 Å². The van der Waals surface area contributed by atoms with Crippen LogP contribution in [0.2, 0.25) is 0 Å². The van der Waals surface area contributed by atoms with Crippen LogP contribution in [-0.2, 0) is 6.42 Å². The topological polar surface area (TPSA) is 48.0 Å². The smallest absolute Gasteiger partial charge is 0.0741 e. The molecule has 1 aromatic carbocycles. The molecule has 0 bridgehead atoms. The third kappa shape index (κ3) is 2.92. The Hall–Kier alpha value is -1.32. The van der Waals surface area contributed by atoms with Crippen LogP contribution in [-0.4, -0.2) is 28.3 Å². The van der Waals surface area contributed by atoms with Crippen LogP contribution >= 0.6 is 0 Å². The minimum absolute atomic E-state index is 0.0858. The molecular formula is C15H22N2O. The molecule has 0 saturated heterocycles. The van der Waals surface area contributed by atoms with E-state index in [9.17, 15) is 5.11 Å². The van der Waals surface area contributed by atoms with Gasteiger partial charge in [-0.05, 0) is 45.4 Å². The Morgan fingerprint density at radius 2 is 2.06 bits per heavy atom. The Labute approximate surface area is 108 Å². The number of rotatable bonds is 5. The zero-order chi connectivity index (χ0) is 13.2. The van der Waals surface area contributed by atoms with Crippen LogP contribution < -0.4 is 5.32 Å². The second kappa shape index (κ2) is 5.12. The van der Waals surface area contributed by atoms with Gasteiger partial charge in [0.1, 0.15) is 0 Å². The number of nitrogens with one attached hydrogen (secondary N) is 2. The van der Waals surface area contributed by atoms with Crippen molar-refractivity contribution in [3.63, 3.8) is 0 Å². The average Bonchev–Trinajstić information content (AvgIpc) is 2.71. The number of aromatic nitrogens is 1. The lowest BCUT2D eigenvalue weighted by Gasteiger charge is -2.26. The van der Waals surface area contributed by atoms with Gasteiger partial charge in [0.15, 0.2) is 0 Å². The predicted molar refractivity (Wildman–Crippen MR) is 75.8 cm³/mol. The standard InChI is InChI=1S/C15H22N2O/c1-11(15(2,3)18)16-9-8-12-10-17-14-7-5-4-6-13(12)14/h4-7,10-11,16-18H,8-9H2,1-3H3. The number of fused-ring (bicyclic) bond motifs is 1. The minimum atomic E-state index is -0.680. The molecule has 0 radical (unpaired) electrons. The van der Waals surface area contributed by atoms with E-state index < -0.39 is 5.60 Å². The van der Waals surface area contributed by atoms with Crippen LogP contribution in [0, 0.1) is 0 Å². The van der Waals surface area contributed by atoms with Crippen LogP contribution in [0.3, 0.4) is 0 Å². The second-order valence-corrected chi connectivity index (χ2v) is 5.44. The summed E-state index contributed by atoms with van der Waals surface area (Å²) in [4.78, 5) is 3.28. The SMILES string of the molecule is CC(NCCc1c[nH]c2ccccc12)C(C)(C)O. The molecule has 0 aliphatic heterocycles. The van der Waals surface area contributed by atoms with Crippen LogP contribution in [0.15, 0.2) is 30.5 Å². The fraction of sp³-hybridized carbons (Fsp3) is 0.467. The molecule has 3 heteroatoms. The van der Waals surface area contributed by atoms with E-state index in [0.717, 1.165) is 13.0 Å². The van der Waals surface area contributed by atoms with E-state index >= 15 is 0 Å². The highest BCUT2D eigenvalue weighted by Gasteiger charge is 2.21. The largest absolute Gasteiger partial charge is 0.389 e. The third-order valence-electron chi connectivity index (χ3n) is 3.58. The molecule has 2 rings (SSSR count). The second-order valence-electron chi connectivity index (χ2n) is 5.44. The molecule has 0 spiro atoms. The Kier molecular flexibility index (Phi) is 3.73. The van der Waals surface area contributed by atoms with Crippen LogP contribution in [0.1, 0.15) is 26.3 Å². The van der Waals surface area contributed by atoms with Gasteiger partial charge in [0.2, 0.25) is 0 Å². The van der Waals surface area contributed by atoms with E-state index in [0.29, 0.717) is 0 Å². The fourth-order valence-electron chi connectivity index (χ4n) is 2.01. The van der Waals surface area contributed by atoms with E-state index in [1.54, 1.807) is 0 Å². The number of aliphatic hydroxyl groups is 1. The number of benzene rings is 1. The number of hydrogen-bond acceptors (Lipinski definition) is 2. The first kappa shape index (κ1) is 13.1. The van der Waals surface area contributed by atoms with Crippen LogP contribution in [0.25, 0.3) is 10.9 Å². The van der Waals surface area contributed by atoms with Gasteiger partial charge < -0.3 is 15.4 Å². The monoisotopic (exact) mass is 246 g/mol. The molecule has 18 heavy (non-hydrogen) atoms. The van der Waals surface area contributed by atoms with E-state index in [-0.39, 0.29) is 6.04 Å². The van der Waals surface area contributed by atoms with Crippen molar-refractivity contribution in [1.82, 2.24) is 10.3 Å². The molecule has 3 nitrogen and oxygen atoms in total. The fourth-order valence-corrected chi connectivity index (χ4v) is 2.01. The van der Waals surface area contributed by atoms with Crippen molar-refractivity contribution in [3.8, 4) is 0 Å². The van der Waals surface area contributed by atoms with Crippen LogP contribution in [0.5, 0.6) is 0 Å². The van der Waals surface area contributed by atoms with Gasteiger partial charge in [0.05, 0.1) is 5.60 Å². The molecule has 98 valence electrons. The Bertz CT molecular complexity index is 510. The Balaban J connectivity index is 1.95. The molecule has 1 heterocycles. The maximum atomic E-state index is 9.85. The first-order chi connectivity index (χ1) is 8.48. The highest BCUT2D eigenvalue weighted by atomic mass is 16.3. The maximum absolute atomic E-state index is 9.85. The predicted octanol–water partition coefficient (Wildman–Crippen LogP) is 2.46. The van der Waals surface area contributed by atoms with Gasteiger partial charge in [0.25, 0.3) is 0 Å². The average molecular weight is 246 g/mol. The first-order valence-electron chi connectivity index (χ1n) is 6.49. The summed E-state index contributed by atoms with van der Waals surface area (Å²) >= 11 is 0. The molecule has 0 saturated carbocycles. The lowest BCUT2D eigenvalue weighted by molar-refractivity contribution is 0.0446. The number of H-pyrrole nitrogens is 1. The van der Waals surface area contributed by atoms with Gasteiger partial charge in [-0.1, -0.05) is 18.2 Å². The van der Waals surface area contributed by atoms with Crippen molar-refractivity contribution in [1.29, 1.82) is 0 Å². The lowest BCUT2D eigenvalue weighted by atomic mass is 10.0. The molecule has 0 aliphatic carbocycles. The van der Waals surface area contributed by atoms with E-state index in [1.165, 1.54) is 16.5 Å². The van der Waals surface area contributed by atoms with Crippen molar-refractivity contribution in [3.05, 3.63) is 36.0 Å².